The highest BCUT2D eigenvalue weighted by Crippen LogP contribution is 2.17. The summed E-state index contributed by atoms with van der Waals surface area (Å²) in [4.78, 5) is 14.6. The molecular formula is C12H15N3O3. The summed E-state index contributed by atoms with van der Waals surface area (Å²) >= 11 is 0. The molecular weight excluding hydrogens is 234 g/mol. The van der Waals surface area contributed by atoms with E-state index in [9.17, 15) is 9.90 Å². The molecule has 96 valence electrons. The monoisotopic (exact) mass is 249 g/mol. The van der Waals surface area contributed by atoms with Gasteiger partial charge in [0.15, 0.2) is 0 Å². The fraction of sp³-hybridized carbons (Fsp3) is 0.333. The van der Waals surface area contributed by atoms with Crippen molar-refractivity contribution in [3.8, 4) is 0 Å². The number of carboxylic acids is 1. The molecule has 0 fully saturated rings. The number of hydrogen-bond donors (Lipinski definition) is 3. The van der Waals surface area contributed by atoms with Crippen LogP contribution in [0.4, 0.5) is 5.69 Å². The predicted molar refractivity (Wildman–Crippen MR) is 67.5 cm³/mol. The van der Waals surface area contributed by atoms with Crippen LogP contribution in [-0.2, 0) is 11.8 Å². The summed E-state index contributed by atoms with van der Waals surface area (Å²) in [6.07, 6.45) is 0.564. The lowest BCUT2D eigenvalue weighted by atomic mass is 10.2. The molecule has 6 heteroatoms. The van der Waals surface area contributed by atoms with E-state index in [1.54, 1.807) is 6.33 Å². The minimum absolute atomic E-state index is 0.199. The second-order valence-corrected chi connectivity index (χ2v) is 4.19. The number of aryl methyl sites for hydroxylation is 1. The van der Waals surface area contributed by atoms with Crippen molar-refractivity contribution in [3.63, 3.8) is 0 Å². The van der Waals surface area contributed by atoms with Gasteiger partial charge in [-0.25, -0.2) is 4.98 Å². The van der Waals surface area contributed by atoms with Gasteiger partial charge < -0.3 is 20.1 Å². The Balaban J connectivity index is 2.01. The number of anilines is 1. The van der Waals surface area contributed by atoms with Gasteiger partial charge in [0.2, 0.25) is 0 Å². The smallest absolute Gasteiger partial charge is 0.306 e. The zero-order valence-electron chi connectivity index (χ0n) is 10.00. The van der Waals surface area contributed by atoms with Crippen LogP contribution in [0.15, 0.2) is 24.5 Å². The highest BCUT2D eigenvalue weighted by atomic mass is 16.4. The van der Waals surface area contributed by atoms with Crippen molar-refractivity contribution >= 4 is 22.7 Å². The predicted octanol–water partition coefficient (Wildman–Crippen LogP) is 0.821. The van der Waals surface area contributed by atoms with Gasteiger partial charge in [0.05, 0.1) is 29.9 Å². The molecule has 0 aliphatic rings. The standard InChI is InChI=1S/C12H15N3O3/c1-15-7-14-10-4-8(2-3-11(10)15)13-6-9(16)5-12(17)18/h2-4,7,9,13,16H,5-6H2,1H3,(H,17,18). The number of rotatable bonds is 5. The summed E-state index contributed by atoms with van der Waals surface area (Å²) in [5.41, 5.74) is 2.69. The molecule has 1 heterocycles. The zero-order chi connectivity index (χ0) is 13.1. The molecule has 0 saturated carbocycles. The Morgan fingerprint density at radius 1 is 1.56 bits per heavy atom. The van der Waals surface area contributed by atoms with Crippen LogP contribution >= 0.6 is 0 Å². The lowest BCUT2D eigenvalue weighted by molar-refractivity contribution is -0.138. The van der Waals surface area contributed by atoms with Gasteiger partial charge >= 0.3 is 5.97 Å². The molecule has 1 unspecified atom stereocenters. The third-order valence-electron chi connectivity index (χ3n) is 2.68. The number of carbonyl (C=O) groups is 1. The topological polar surface area (TPSA) is 87.4 Å². The summed E-state index contributed by atoms with van der Waals surface area (Å²) in [7, 11) is 1.92. The zero-order valence-corrected chi connectivity index (χ0v) is 10.00. The first-order valence-electron chi connectivity index (χ1n) is 5.61. The average molecular weight is 249 g/mol. The Labute approximate surface area is 104 Å². The molecule has 3 N–H and O–H groups in total. The van der Waals surface area contributed by atoms with Crippen molar-refractivity contribution in [1.29, 1.82) is 0 Å². The molecule has 1 aromatic heterocycles. The Bertz CT molecular complexity index is 565. The minimum Gasteiger partial charge on any atom is -0.481 e. The van der Waals surface area contributed by atoms with Gasteiger partial charge in [-0.15, -0.1) is 0 Å². The Hall–Kier alpha value is -2.08. The molecule has 0 aliphatic heterocycles. The number of fused-ring (bicyclic) bond motifs is 1. The van der Waals surface area contributed by atoms with E-state index in [1.165, 1.54) is 0 Å². The van der Waals surface area contributed by atoms with Crippen LogP contribution in [0.3, 0.4) is 0 Å². The Kier molecular flexibility index (Phi) is 3.47. The maximum atomic E-state index is 10.4. The molecule has 18 heavy (non-hydrogen) atoms. The van der Waals surface area contributed by atoms with Crippen LogP contribution in [0.25, 0.3) is 11.0 Å². The van der Waals surface area contributed by atoms with E-state index in [2.05, 4.69) is 10.3 Å². The Morgan fingerprint density at radius 3 is 3.06 bits per heavy atom. The molecule has 0 radical (unpaired) electrons. The molecule has 0 aliphatic carbocycles. The summed E-state index contributed by atoms with van der Waals surface area (Å²) in [6, 6.07) is 5.66. The second-order valence-electron chi connectivity index (χ2n) is 4.19. The number of aromatic nitrogens is 2. The van der Waals surface area contributed by atoms with E-state index in [4.69, 9.17) is 5.11 Å². The van der Waals surface area contributed by atoms with Gasteiger partial charge in [-0.1, -0.05) is 0 Å². The average Bonchev–Trinajstić information content (AvgIpc) is 2.67. The van der Waals surface area contributed by atoms with E-state index in [0.29, 0.717) is 0 Å². The molecule has 2 rings (SSSR count). The summed E-state index contributed by atoms with van der Waals surface area (Å²) in [5, 5.41) is 20.9. The second kappa shape index (κ2) is 5.05. The number of aliphatic hydroxyl groups is 1. The number of benzene rings is 1. The van der Waals surface area contributed by atoms with Crippen molar-refractivity contribution < 1.29 is 15.0 Å². The number of carboxylic acid groups (broad SMARTS) is 1. The van der Waals surface area contributed by atoms with Crippen LogP contribution in [0, 0.1) is 0 Å². The van der Waals surface area contributed by atoms with Gasteiger partial charge in [0.1, 0.15) is 0 Å². The summed E-state index contributed by atoms with van der Waals surface area (Å²) < 4.78 is 1.92. The Morgan fingerprint density at radius 2 is 2.33 bits per heavy atom. The minimum atomic E-state index is -1.01. The first kappa shape index (κ1) is 12.4. The third-order valence-corrected chi connectivity index (χ3v) is 2.68. The lowest BCUT2D eigenvalue weighted by Crippen LogP contribution is -2.22. The first-order valence-corrected chi connectivity index (χ1v) is 5.61. The quantitative estimate of drug-likeness (QED) is 0.730. The SMILES string of the molecule is Cn1cnc2cc(NCC(O)CC(=O)O)ccc21. The van der Waals surface area contributed by atoms with Gasteiger partial charge in [-0.3, -0.25) is 4.79 Å². The fourth-order valence-electron chi connectivity index (χ4n) is 1.76. The molecule has 0 bridgehead atoms. The van der Waals surface area contributed by atoms with Gasteiger partial charge in [-0.2, -0.15) is 0 Å². The van der Waals surface area contributed by atoms with Crippen LogP contribution in [0.5, 0.6) is 0 Å². The van der Waals surface area contributed by atoms with Crippen molar-refractivity contribution in [3.05, 3.63) is 24.5 Å². The van der Waals surface area contributed by atoms with Crippen LogP contribution in [0.2, 0.25) is 0 Å². The molecule has 6 nitrogen and oxygen atoms in total. The normalized spacial score (nSPS) is 12.6. The van der Waals surface area contributed by atoms with Crippen LogP contribution < -0.4 is 5.32 Å². The van der Waals surface area contributed by atoms with Crippen LogP contribution in [0.1, 0.15) is 6.42 Å². The number of hydrogen-bond acceptors (Lipinski definition) is 4. The highest BCUT2D eigenvalue weighted by Gasteiger charge is 2.09. The first-order chi connectivity index (χ1) is 8.56. The van der Waals surface area contributed by atoms with Crippen molar-refractivity contribution in [1.82, 2.24) is 9.55 Å². The van der Waals surface area contributed by atoms with Crippen molar-refractivity contribution in [2.75, 3.05) is 11.9 Å². The molecule has 1 atom stereocenters. The maximum absolute atomic E-state index is 10.4. The largest absolute Gasteiger partial charge is 0.481 e. The van der Waals surface area contributed by atoms with Crippen molar-refractivity contribution in [2.24, 2.45) is 7.05 Å². The molecule has 0 spiro atoms. The van der Waals surface area contributed by atoms with Gasteiger partial charge in [-0.05, 0) is 18.2 Å². The molecule has 0 saturated heterocycles. The number of nitrogens with zero attached hydrogens (tertiary/aromatic N) is 2. The van der Waals surface area contributed by atoms with E-state index < -0.39 is 12.1 Å². The molecule has 1 aromatic carbocycles. The summed E-state index contributed by atoms with van der Waals surface area (Å²) in [5.74, 6) is -1.01. The lowest BCUT2D eigenvalue weighted by Gasteiger charge is -2.10. The van der Waals surface area contributed by atoms with E-state index in [1.807, 2.05) is 29.8 Å². The van der Waals surface area contributed by atoms with Crippen LogP contribution in [-0.4, -0.2) is 38.4 Å². The van der Waals surface area contributed by atoms with Gasteiger partial charge in [0, 0.05) is 19.3 Å². The number of imidazole rings is 1. The summed E-state index contributed by atoms with van der Waals surface area (Å²) in [6.45, 7) is 0.199. The molecule has 0 amide bonds. The molecule has 2 aromatic rings. The maximum Gasteiger partial charge on any atom is 0.306 e. The third kappa shape index (κ3) is 2.78. The fourth-order valence-corrected chi connectivity index (χ4v) is 1.76. The van der Waals surface area contributed by atoms with E-state index >= 15 is 0 Å². The number of nitrogens with one attached hydrogen (secondary N) is 1. The van der Waals surface area contributed by atoms with E-state index in [0.717, 1.165) is 16.7 Å². The number of aliphatic hydroxyl groups excluding tert-OH is 1. The van der Waals surface area contributed by atoms with Gasteiger partial charge in [0.25, 0.3) is 0 Å². The van der Waals surface area contributed by atoms with E-state index in [-0.39, 0.29) is 13.0 Å². The highest BCUT2D eigenvalue weighted by molar-refractivity contribution is 5.79. The number of aliphatic carboxylic acids is 1. The van der Waals surface area contributed by atoms with Crippen molar-refractivity contribution in [2.45, 2.75) is 12.5 Å².